The van der Waals surface area contributed by atoms with Crippen molar-refractivity contribution in [2.75, 3.05) is 11.9 Å². The van der Waals surface area contributed by atoms with Gasteiger partial charge in [0.25, 0.3) is 0 Å². The van der Waals surface area contributed by atoms with Gasteiger partial charge in [0.2, 0.25) is 5.91 Å². The Morgan fingerprint density at radius 2 is 2.24 bits per heavy atom. The Balaban J connectivity index is 0.00000220. The highest BCUT2D eigenvalue weighted by atomic mass is 35.5. The van der Waals surface area contributed by atoms with E-state index in [0.29, 0.717) is 12.5 Å². The minimum Gasteiger partial charge on any atom is -0.313 e. The lowest BCUT2D eigenvalue weighted by Gasteiger charge is -2.15. The van der Waals surface area contributed by atoms with E-state index in [0.717, 1.165) is 30.9 Å². The molecule has 2 N–H and O–H groups in total. The van der Waals surface area contributed by atoms with Crippen LogP contribution in [-0.4, -0.2) is 28.3 Å². The summed E-state index contributed by atoms with van der Waals surface area (Å²) >= 11 is 0. The number of nitrogens with zero attached hydrogens (tertiary/aromatic N) is 2. The summed E-state index contributed by atoms with van der Waals surface area (Å²) in [5.74, 6) is 0.849. The quantitative estimate of drug-likeness (QED) is 0.897. The molecule has 1 aliphatic rings. The minimum atomic E-state index is 0. The second-order valence-corrected chi connectivity index (χ2v) is 6.93. The fourth-order valence-corrected chi connectivity index (χ4v) is 2.62. The van der Waals surface area contributed by atoms with Crippen LogP contribution in [0.4, 0.5) is 5.82 Å². The number of rotatable bonds is 4. The lowest BCUT2D eigenvalue weighted by atomic mass is 9.91. The molecule has 1 aromatic heterocycles. The molecule has 1 saturated heterocycles. The van der Waals surface area contributed by atoms with Crippen molar-refractivity contribution in [3.05, 3.63) is 11.8 Å². The Hall–Kier alpha value is -1.07. The van der Waals surface area contributed by atoms with Gasteiger partial charge in [-0.15, -0.1) is 12.4 Å². The van der Waals surface area contributed by atoms with Gasteiger partial charge in [-0.1, -0.05) is 20.8 Å². The zero-order valence-corrected chi connectivity index (χ0v) is 14.2. The van der Waals surface area contributed by atoms with Crippen molar-refractivity contribution in [3.63, 3.8) is 0 Å². The number of hydrogen-bond donors (Lipinski definition) is 2. The fourth-order valence-electron chi connectivity index (χ4n) is 2.62. The largest absolute Gasteiger partial charge is 0.313 e. The summed E-state index contributed by atoms with van der Waals surface area (Å²) in [6.45, 7) is 7.59. The Kier molecular flexibility index (Phi) is 6.23. The maximum atomic E-state index is 12.0. The lowest BCUT2D eigenvalue weighted by Crippen LogP contribution is -2.27. The van der Waals surface area contributed by atoms with E-state index in [4.69, 9.17) is 0 Å². The highest BCUT2D eigenvalue weighted by Crippen LogP contribution is 2.21. The predicted octanol–water partition coefficient (Wildman–Crippen LogP) is 2.51. The maximum Gasteiger partial charge on any atom is 0.227 e. The topological polar surface area (TPSA) is 59.0 Å². The smallest absolute Gasteiger partial charge is 0.227 e. The Labute approximate surface area is 133 Å². The van der Waals surface area contributed by atoms with Crippen LogP contribution in [0.1, 0.15) is 45.7 Å². The van der Waals surface area contributed by atoms with Crippen LogP contribution in [-0.2, 0) is 18.3 Å². The van der Waals surface area contributed by atoms with Gasteiger partial charge < -0.3 is 10.6 Å². The number of aromatic nitrogens is 2. The number of carbonyl (C=O) groups excluding carboxylic acids is 1. The minimum absolute atomic E-state index is 0. The van der Waals surface area contributed by atoms with Crippen LogP contribution < -0.4 is 10.6 Å². The zero-order chi connectivity index (χ0) is 14.8. The van der Waals surface area contributed by atoms with E-state index in [1.807, 2.05) is 13.1 Å². The molecule has 2 heterocycles. The van der Waals surface area contributed by atoms with Gasteiger partial charge in [0.1, 0.15) is 5.82 Å². The van der Waals surface area contributed by atoms with Crippen molar-refractivity contribution >= 4 is 24.1 Å². The van der Waals surface area contributed by atoms with Crippen molar-refractivity contribution in [3.8, 4) is 0 Å². The highest BCUT2D eigenvalue weighted by Gasteiger charge is 2.19. The molecule has 1 fully saturated rings. The predicted molar refractivity (Wildman–Crippen MR) is 87.9 cm³/mol. The third kappa shape index (κ3) is 5.67. The van der Waals surface area contributed by atoms with E-state index < -0.39 is 0 Å². The molecular formula is C15H27ClN4O. The van der Waals surface area contributed by atoms with Gasteiger partial charge in [-0.25, -0.2) is 0 Å². The van der Waals surface area contributed by atoms with Crippen LogP contribution in [0, 0.1) is 5.41 Å². The number of carbonyl (C=O) groups is 1. The van der Waals surface area contributed by atoms with Crippen LogP contribution in [0.2, 0.25) is 0 Å². The van der Waals surface area contributed by atoms with Crippen molar-refractivity contribution in [1.82, 2.24) is 15.1 Å². The van der Waals surface area contributed by atoms with E-state index >= 15 is 0 Å². The summed E-state index contributed by atoms with van der Waals surface area (Å²) in [4.78, 5) is 12.0. The third-order valence-corrected chi connectivity index (χ3v) is 3.50. The fraction of sp³-hybridized carbons (Fsp3) is 0.733. The van der Waals surface area contributed by atoms with Crippen molar-refractivity contribution in [2.24, 2.45) is 12.5 Å². The summed E-state index contributed by atoms with van der Waals surface area (Å²) in [7, 11) is 1.87. The second-order valence-electron chi connectivity index (χ2n) is 6.93. The molecule has 1 unspecified atom stereocenters. The van der Waals surface area contributed by atoms with Gasteiger partial charge >= 0.3 is 0 Å². The van der Waals surface area contributed by atoms with Crippen LogP contribution >= 0.6 is 12.4 Å². The molecule has 5 nitrogen and oxygen atoms in total. The summed E-state index contributed by atoms with van der Waals surface area (Å²) in [5.41, 5.74) is 1.22. The molecule has 120 valence electrons. The highest BCUT2D eigenvalue weighted by molar-refractivity contribution is 5.90. The van der Waals surface area contributed by atoms with E-state index in [2.05, 4.69) is 36.5 Å². The van der Waals surface area contributed by atoms with Crippen LogP contribution in [0.3, 0.4) is 0 Å². The van der Waals surface area contributed by atoms with Gasteiger partial charge in [0, 0.05) is 25.6 Å². The SMILES string of the molecule is Cl.Cn1nc(CC(C)(C)C)cc1NC(=O)CC1CCCN1. The molecule has 0 radical (unpaired) electrons. The molecule has 0 spiro atoms. The van der Waals surface area contributed by atoms with E-state index in [1.54, 1.807) is 4.68 Å². The van der Waals surface area contributed by atoms with Crippen LogP contribution in [0.5, 0.6) is 0 Å². The number of halogens is 1. The Morgan fingerprint density at radius 3 is 2.81 bits per heavy atom. The molecule has 1 aromatic rings. The molecule has 1 amide bonds. The lowest BCUT2D eigenvalue weighted by molar-refractivity contribution is -0.116. The van der Waals surface area contributed by atoms with Crippen molar-refractivity contribution in [1.29, 1.82) is 0 Å². The molecule has 0 saturated carbocycles. The molecule has 0 aliphatic carbocycles. The summed E-state index contributed by atoms with van der Waals surface area (Å²) in [6.07, 6.45) is 3.70. The van der Waals surface area contributed by atoms with Crippen molar-refractivity contribution in [2.45, 2.75) is 52.5 Å². The molecule has 2 rings (SSSR count). The number of amides is 1. The Bertz CT molecular complexity index is 473. The zero-order valence-electron chi connectivity index (χ0n) is 13.4. The summed E-state index contributed by atoms with van der Waals surface area (Å²) in [6, 6.07) is 2.31. The van der Waals surface area contributed by atoms with Gasteiger partial charge in [-0.3, -0.25) is 9.48 Å². The van der Waals surface area contributed by atoms with E-state index in [-0.39, 0.29) is 23.7 Å². The number of nitrogens with one attached hydrogen (secondary N) is 2. The first kappa shape index (κ1) is 18.0. The van der Waals surface area contributed by atoms with Crippen LogP contribution in [0.25, 0.3) is 0 Å². The van der Waals surface area contributed by atoms with E-state index in [9.17, 15) is 4.79 Å². The molecule has 6 heteroatoms. The van der Waals surface area contributed by atoms with Crippen LogP contribution in [0.15, 0.2) is 6.07 Å². The molecule has 0 aromatic carbocycles. The molecule has 1 atom stereocenters. The molecule has 0 bridgehead atoms. The second kappa shape index (κ2) is 7.27. The first-order valence-corrected chi connectivity index (χ1v) is 7.40. The Morgan fingerprint density at radius 1 is 1.52 bits per heavy atom. The monoisotopic (exact) mass is 314 g/mol. The third-order valence-electron chi connectivity index (χ3n) is 3.50. The molecule has 1 aliphatic heterocycles. The van der Waals surface area contributed by atoms with Crippen molar-refractivity contribution < 1.29 is 4.79 Å². The number of anilines is 1. The normalized spacial score (nSPS) is 18.4. The summed E-state index contributed by atoms with van der Waals surface area (Å²) < 4.78 is 1.75. The van der Waals surface area contributed by atoms with Gasteiger partial charge in [-0.05, 0) is 31.2 Å². The number of aryl methyl sites for hydroxylation is 1. The average Bonchev–Trinajstić information content (AvgIpc) is 2.88. The van der Waals surface area contributed by atoms with Gasteiger partial charge in [0.05, 0.1) is 5.69 Å². The first-order chi connectivity index (χ1) is 9.33. The molecular weight excluding hydrogens is 288 g/mol. The first-order valence-electron chi connectivity index (χ1n) is 7.40. The average molecular weight is 315 g/mol. The summed E-state index contributed by atoms with van der Waals surface area (Å²) in [5, 5.41) is 10.8. The maximum absolute atomic E-state index is 12.0. The molecule has 21 heavy (non-hydrogen) atoms. The van der Waals surface area contributed by atoms with Gasteiger partial charge in [-0.2, -0.15) is 5.10 Å². The van der Waals surface area contributed by atoms with Gasteiger partial charge in [0.15, 0.2) is 0 Å². The standard InChI is InChI=1S/C15H26N4O.ClH/c1-15(2,3)10-12-8-13(19(4)18-12)17-14(20)9-11-6-5-7-16-11;/h8,11,16H,5-7,9-10H2,1-4H3,(H,17,20);1H. The van der Waals surface area contributed by atoms with E-state index in [1.165, 1.54) is 6.42 Å². The number of hydrogen-bond acceptors (Lipinski definition) is 3.